The van der Waals surface area contributed by atoms with Gasteiger partial charge in [-0.1, -0.05) is 28.9 Å². The highest BCUT2D eigenvalue weighted by molar-refractivity contribution is 6.52. The number of carbonyl (C=O) groups is 1. The molecule has 3 rings (SSSR count). The van der Waals surface area contributed by atoms with E-state index >= 15 is 0 Å². The molecule has 27 heavy (non-hydrogen) atoms. The molecular formula is C17H8ClF3N4O2. The Balaban J connectivity index is 1.86. The standard InChI is InChI=1S/C17H8ClF3N4O2/c18-12-7-9(5-6-11(12)17(19,20)21)23-24-13(8-22)16(26)15-10-3-1-2-4-14(10)27-25-15/h1-7,23H. The van der Waals surface area contributed by atoms with Crippen LogP contribution < -0.4 is 5.43 Å². The number of hydrogen-bond acceptors (Lipinski definition) is 6. The van der Waals surface area contributed by atoms with Gasteiger partial charge in [-0.15, -0.1) is 0 Å². The zero-order chi connectivity index (χ0) is 19.6. The number of nitrogens with one attached hydrogen (secondary N) is 1. The first-order chi connectivity index (χ1) is 12.8. The second-order valence-corrected chi connectivity index (χ2v) is 5.64. The van der Waals surface area contributed by atoms with Crippen LogP contribution in [0.25, 0.3) is 11.0 Å². The highest BCUT2D eigenvalue weighted by Gasteiger charge is 2.33. The summed E-state index contributed by atoms with van der Waals surface area (Å²) in [5.41, 5.74) is 1.11. The van der Waals surface area contributed by atoms with E-state index in [0.717, 1.165) is 18.2 Å². The monoisotopic (exact) mass is 392 g/mol. The second-order valence-electron chi connectivity index (χ2n) is 5.23. The fraction of sp³-hybridized carbons (Fsp3) is 0.0588. The Kier molecular flexibility index (Phi) is 4.83. The van der Waals surface area contributed by atoms with Gasteiger partial charge in [-0.2, -0.15) is 23.5 Å². The molecule has 136 valence electrons. The van der Waals surface area contributed by atoms with Crippen molar-refractivity contribution in [1.82, 2.24) is 5.16 Å². The van der Waals surface area contributed by atoms with E-state index in [9.17, 15) is 23.2 Å². The lowest BCUT2D eigenvalue weighted by Crippen LogP contribution is -2.15. The molecule has 10 heteroatoms. The number of Topliss-reactive ketones (excluding diaryl/α,β-unsaturated/α-hetero) is 1. The number of carbonyl (C=O) groups excluding carboxylic acids is 1. The van der Waals surface area contributed by atoms with Crippen molar-refractivity contribution in [2.24, 2.45) is 5.10 Å². The zero-order valence-electron chi connectivity index (χ0n) is 13.2. The van der Waals surface area contributed by atoms with Gasteiger partial charge in [0.25, 0.3) is 0 Å². The van der Waals surface area contributed by atoms with E-state index in [-0.39, 0.29) is 11.4 Å². The molecule has 0 bridgehead atoms. The average molecular weight is 393 g/mol. The Morgan fingerprint density at radius 1 is 1.26 bits per heavy atom. The first kappa shape index (κ1) is 18.4. The van der Waals surface area contributed by atoms with Crippen LogP contribution in [0.5, 0.6) is 0 Å². The van der Waals surface area contributed by atoms with E-state index in [1.165, 1.54) is 0 Å². The van der Waals surface area contributed by atoms with E-state index in [1.807, 2.05) is 0 Å². The number of alkyl halides is 3. The van der Waals surface area contributed by atoms with Gasteiger partial charge < -0.3 is 4.52 Å². The quantitative estimate of drug-likeness (QED) is 0.395. The number of para-hydroxylation sites is 1. The average Bonchev–Trinajstić information content (AvgIpc) is 3.05. The van der Waals surface area contributed by atoms with Crippen LogP contribution in [0.4, 0.5) is 18.9 Å². The number of benzene rings is 2. The summed E-state index contributed by atoms with van der Waals surface area (Å²) >= 11 is 5.61. The number of halogens is 4. The molecule has 0 saturated carbocycles. The fourth-order valence-electron chi connectivity index (χ4n) is 2.22. The number of hydrogen-bond donors (Lipinski definition) is 1. The number of fused-ring (bicyclic) bond motifs is 1. The van der Waals surface area contributed by atoms with Crippen LogP contribution in [0.2, 0.25) is 5.02 Å². The number of ketones is 1. The molecule has 1 N–H and O–H groups in total. The van der Waals surface area contributed by atoms with E-state index in [4.69, 9.17) is 16.1 Å². The van der Waals surface area contributed by atoms with Gasteiger partial charge in [0.05, 0.1) is 21.7 Å². The number of aromatic nitrogens is 1. The number of nitriles is 1. The van der Waals surface area contributed by atoms with Crippen molar-refractivity contribution in [2.75, 3.05) is 5.43 Å². The Labute approximate surface area is 154 Å². The van der Waals surface area contributed by atoms with Crippen LogP contribution in [0, 0.1) is 11.3 Å². The van der Waals surface area contributed by atoms with Gasteiger partial charge in [0, 0.05) is 0 Å². The van der Waals surface area contributed by atoms with E-state index in [1.54, 1.807) is 30.3 Å². The molecular weight excluding hydrogens is 385 g/mol. The Morgan fingerprint density at radius 2 is 2.00 bits per heavy atom. The molecule has 0 amide bonds. The predicted octanol–water partition coefficient (Wildman–Crippen LogP) is 4.67. The maximum Gasteiger partial charge on any atom is 0.417 e. The molecule has 0 aliphatic rings. The molecule has 1 heterocycles. The third-order valence-electron chi connectivity index (χ3n) is 3.48. The van der Waals surface area contributed by atoms with Crippen molar-refractivity contribution >= 4 is 39.8 Å². The molecule has 0 radical (unpaired) electrons. The highest BCUT2D eigenvalue weighted by Crippen LogP contribution is 2.35. The summed E-state index contributed by atoms with van der Waals surface area (Å²) in [6.45, 7) is 0. The Bertz CT molecular complexity index is 1100. The van der Waals surface area contributed by atoms with E-state index in [2.05, 4.69) is 15.7 Å². The second kappa shape index (κ2) is 7.09. The molecule has 0 spiro atoms. The molecule has 0 aliphatic carbocycles. The summed E-state index contributed by atoms with van der Waals surface area (Å²) in [6.07, 6.45) is -4.60. The fourth-order valence-corrected chi connectivity index (χ4v) is 2.51. The van der Waals surface area contributed by atoms with E-state index < -0.39 is 28.3 Å². The minimum absolute atomic E-state index is 0.0681. The lowest BCUT2D eigenvalue weighted by molar-refractivity contribution is -0.137. The Hall–Kier alpha value is -3.38. The number of rotatable bonds is 4. The first-order valence-electron chi connectivity index (χ1n) is 7.31. The molecule has 6 nitrogen and oxygen atoms in total. The molecule has 3 aromatic rings. The molecule has 0 unspecified atom stereocenters. The predicted molar refractivity (Wildman–Crippen MR) is 91.5 cm³/mol. The zero-order valence-corrected chi connectivity index (χ0v) is 14.0. The number of hydrazone groups is 1. The topological polar surface area (TPSA) is 91.3 Å². The normalized spacial score (nSPS) is 12.0. The molecule has 0 fully saturated rings. The van der Waals surface area contributed by atoms with Crippen molar-refractivity contribution in [2.45, 2.75) is 6.18 Å². The van der Waals surface area contributed by atoms with Gasteiger partial charge in [0.15, 0.2) is 11.3 Å². The highest BCUT2D eigenvalue weighted by atomic mass is 35.5. The number of anilines is 1. The minimum atomic E-state index is -4.60. The van der Waals surface area contributed by atoms with Crippen LogP contribution >= 0.6 is 11.6 Å². The first-order valence-corrected chi connectivity index (χ1v) is 7.68. The summed E-state index contributed by atoms with van der Waals surface area (Å²) in [5, 5.41) is 16.3. The van der Waals surface area contributed by atoms with Crippen LogP contribution in [-0.4, -0.2) is 16.7 Å². The molecule has 2 aromatic carbocycles. The lowest BCUT2D eigenvalue weighted by Gasteiger charge is -2.10. The van der Waals surface area contributed by atoms with Gasteiger partial charge in [-0.25, -0.2) is 0 Å². The summed E-state index contributed by atoms with van der Waals surface area (Å²) in [5.74, 6) is -0.798. The van der Waals surface area contributed by atoms with Crippen LogP contribution in [0.3, 0.4) is 0 Å². The van der Waals surface area contributed by atoms with Crippen molar-refractivity contribution < 1.29 is 22.5 Å². The van der Waals surface area contributed by atoms with Gasteiger partial charge >= 0.3 is 6.18 Å². The Morgan fingerprint density at radius 3 is 2.67 bits per heavy atom. The minimum Gasteiger partial charge on any atom is -0.356 e. The molecule has 0 atom stereocenters. The molecule has 0 saturated heterocycles. The largest absolute Gasteiger partial charge is 0.417 e. The summed E-state index contributed by atoms with van der Waals surface area (Å²) in [4.78, 5) is 12.4. The van der Waals surface area contributed by atoms with Gasteiger partial charge in [0.2, 0.25) is 11.5 Å². The number of nitrogens with zero attached hydrogens (tertiary/aromatic N) is 3. The SMILES string of the molecule is N#CC(=NNc1ccc(C(F)(F)F)c(Cl)c1)C(=O)c1noc2ccccc12. The summed E-state index contributed by atoms with van der Waals surface area (Å²) in [7, 11) is 0. The van der Waals surface area contributed by atoms with Gasteiger partial charge in [0.1, 0.15) is 6.07 Å². The van der Waals surface area contributed by atoms with Gasteiger partial charge in [-0.05, 0) is 30.3 Å². The third kappa shape index (κ3) is 3.75. The van der Waals surface area contributed by atoms with Crippen molar-refractivity contribution in [1.29, 1.82) is 5.26 Å². The summed E-state index contributed by atoms with van der Waals surface area (Å²) in [6, 6.07) is 11.0. The smallest absolute Gasteiger partial charge is 0.356 e. The van der Waals surface area contributed by atoms with Crippen LogP contribution in [0.1, 0.15) is 16.1 Å². The summed E-state index contributed by atoms with van der Waals surface area (Å²) < 4.78 is 43.1. The lowest BCUT2D eigenvalue weighted by atomic mass is 10.1. The van der Waals surface area contributed by atoms with Crippen molar-refractivity contribution in [3.63, 3.8) is 0 Å². The molecule has 1 aromatic heterocycles. The van der Waals surface area contributed by atoms with E-state index in [0.29, 0.717) is 11.0 Å². The maximum absolute atomic E-state index is 12.7. The molecule has 0 aliphatic heterocycles. The van der Waals surface area contributed by atoms with Gasteiger partial charge in [-0.3, -0.25) is 10.2 Å². The maximum atomic E-state index is 12.7. The third-order valence-corrected chi connectivity index (χ3v) is 3.80. The van der Waals surface area contributed by atoms with Crippen molar-refractivity contribution in [3.05, 3.63) is 58.7 Å². The van der Waals surface area contributed by atoms with Crippen molar-refractivity contribution in [3.8, 4) is 6.07 Å². The van der Waals surface area contributed by atoms with Crippen LogP contribution in [-0.2, 0) is 6.18 Å². The van der Waals surface area contributed by atoms with Crippen LogP contribution in [0.15, 0.2) is 52.1 Å².